The number of nitrogens with one attached hydrogen (secondary N) is 1. The Morgan fingerprint density at radius 1 is 1.28 bits per heavy atom. The molecule has 132 valence electrons. The van der Waals surface area contributed by atoms with Crippen LogP contribution in [0.3, 0.4) is 0 Å². The zero-order chi connectivity index (χ0) is 18.4. The van der Waals surface area contributed by atoms with Crippen LogP contribution in [0.15, 0.2) is 42.5 Å². The number of benzene rings is 2. The van der Waals surface area contributed by atoms with E-state index in [4.69, 9.17) is 9.47 Å². The van der Waals surface area contributed by atoms with Gasteiger partial charge in [-0.3, -0.25) is 14.9 Å². The van der Waals surface area contributed by atoms with Crippen LogP contribution in [-0.2, 0) is 4.79 Å². The van der Waals surface area contributed by atoms with Gasteiger partial charge >= 0.3 is 5.69 Å². The van der Waals surface area contributed by atoms with Gasteiger partial charge in [0, 0.05) is 0 Å². The lowest BCUT2D eigenvalue weighted by atomic mass is 10.1. The van der Waals surface area contributed by atoms with Gasteiger partial charge in [0.15, 0.2) is 12.4 Å². The zero-order valence-corrected chi connectivity index (χ0v) is 13.7. The summed E-state index contributed by atoms with van der Waals surface area (Å²) in [4.78, 5) is 22.4. The van der Waals surface area contributed by atoms with E-state index in [1.165, 1.54) is 37.4 Å². The highest BCUT2D eigenvalue weighted by atomic mass is 19.1. The van der Waals surface area contributed by atoms with E-state index in [-0.39, 0.29) is 23.3 Å². The lowest BCUT2D eigenvalue weighted by molar-refractivity contribution is -0.385. The molecule has 0 aliphatic heterocycles. The van der Waals surface area contributed by atoms with Crippen molar-refractivity contribution in [3.05, 3.63) is 64.0 Å². The number of halogens is 1. The van der Waals surface area contributed by atoms with Gasteiger partial charge in [0.2, 0.25) is 0 Å². The Morgan fingerprint density at radius 3 is 2.56 bits per heavy atom. The van der Waals surface area contributed by atoms with Gasteiger partial charge in [-0.15, -0.1) is 0 Å². The van der Waals surface area contributed by atoms with Gasteiger partial charge in [0.25, 0.3) is 5.91 Å². The minimum absolute atomic E-state index is 0.0321. The first-order chi connectivity index (χ1) is 11.9. The van der Waals surface area contributed by atoms with Gasteiger partial charge < -0.3 is 14.8 Å². The van der Waals surface area contributed by atoms with E-state index >= 15 is 0 Å². The second-order valence-electron chi connectivity index (χ2n) is 5.22. The molecule has 25 heavy (non-hydrogen) atoms. The number of amides is 1. The van der Waals surface area contributed by atoms with E-state index < -0.39 is 17.4 Å². The first kappa shape index (κ1) is 18.2. The van der Waals surface area contributed by atoms with E-state index in [1.807, 2.05) is 0 Å². The molecule has 2 rings (SSSR count). The first-order valence-corrected chi connectivity index (χ1v) is 7.40. The van der Waals surface area contributed by atoms with Crippen molar-refractivity contribution in [3.8, 4) is 11.5 Å². The summed E-state index contributed by atoms with van der Waals surface area (Å²) in [5.41, 5.74) is 0.434. The van der Waals surface area contributed by atoms with E-state index in [1.54, 1.807) is 19.1 Å². The number of hydrogen-bond donors (Lipinski definition) is 1. The third-order valence-corrected chi connectivity index (χ3v) is 3.47. The number of carbonyl (C=O) groups excluding carboxylic acids is 1. The van der Waals surface area contributed by atoms with Crippen LogP contribution in [0.25, 0.3) is 0 Å². The maximum Gasteiger partial charge on any atom is 0.314 e. The number of hydrogen-bond acceptors (Lipinski definition) is 5. The summed E-state index contributed by atoms with van der Waals surface area (Å²) in [6.07, 6.45) is 0. The normalized spacial score (nSPS) is 11.5. The van der Waals surface area contributed by atoms with E-state index in [0.29, 0.717) is 5.75 Å². The van der Waals surface area contributed by atoms with E-state index in [9.17, 15) is 19.3 Å². The molecular weight excluding hydrogens is 331 g/mol. The molecule has 0 aliphatic carbocycles. The topological polar surface area (TPSA) is 90.7 Å². The highest BCUT2D eigenvalue weighted by Gasteiger charge is 2.18. The SMILES string of the molecule is COc1ccc(OCC(=O)N[C@@H](C)c2ccc(F)cc2)c([N+](=O)[O-])c1. The van der Waals surface area contributed by atoms with Crippen molar-refractivity contribution >= 4 is 11.6 Å². The maximum atomic E-state index is 12.9. The van der Waals surface area contributed by atoms with Gasteiger partial charge in [0.05, 0.1) is 24.1 Å². The van der Waals surface area contributed by atoms with Gasteiger partial charge in [0.1, 0.15) is 11.6 Å². The molecule has 0 fully saturated rings. The molecule has 0 spiro atoms. The zero-order valence-electron chi connectivity index (χ0n) is 13.7. The molecular formula is C17H17FN2O5. The monoisotopic (exact) mass is 348 g/mol. The third kappa shape index (κ3) is 4.90. The summed E-state index contributed by atoms with van der Waals surface area (Å²) < 4.78 is 23.1. The fourth-order valence-electron chi connectivity index (χ4n) is 2.15. The van der Waals surface area contributed by atoms with E-state index in [2.05, 4.69) is 5.32 Å². The maximum absolute atomic E-state index is 12.9. The number of nitrogens with zero attached hydrogens (tertiary/aromatic N) is 1. The summed E-state index contributed by atoms with van der Waals surface area (Å²) in [7, 11) is 1.39. The Kier molecular flexibility index (Phi) is 5.89. The Balaban J connectivity index is 1.97. The Labute approximate surface area is 143 Å². The van der Waals surface area contributed by atoms with Crippen LogP contribution < -0.4 is 14.8 Å². The number of ether oxygens (including phenoxy) is 2. The average molecular weight is 348 g/mol. The quantitative estimate of drug-likeness (QED) is 0.613. The summed E-state index contributed by atoms with van der Waals surface area (Å²) in [6, 6.07) is 9.46. The Hall–Kier alpha value is -3.16. The highest BCUT2D eigenvalue weighted by molar-refractivity contribution is 5.78. The van der Waals surface area contributed by atoms with Gasteiger partial charge in [-0.1, -0.05) is 12.1 Å². The molecule has 2 aromatic carbocycles. The number of nitro benzene ring substituents is 1. The molecule has 0 bridgehead atoms. The lowest BCUT2D eigenvalue weighted by Crippen LogP contribution is -2.31. The summed E-state index contributed by atoms with van der Waals surface area (Å²) in [6.45, 7) is 1.35. The van der Waals surface area contributed by atoms with Gasteiger partial charge in [-0.25, -0.2) is 4.39 Å². The predicted octanol–water partition coefficient (Wildman–Crippen LogP) is 3.00. The van der Waals surface area contributed by atoms with Crippen LogP contribution in [0.2, 0.25) is 0 Å². The van der Waals surface area contributed by atoms with Gasteiger partial charge in [-0.05, 0) is 36.8 Å². The highest BCUT2D eigenvalue weighted by Crippen LogP contribution is 2.30. The average Bonchev–Trinajstić information content (AvgIpc) is 2.60. The van der Waals surface area contributed by atoms with Crippen LogP contribution in [-0.4, -0.2) is 24.5 Å². The van der Waals surface area contributed by atoms with Crippen LogP contribution in [0.4, 0.5) is 10.1 Å². The number of nitro groups is 1. The van der Waals surface area contributed by atoms with Crippen LogP contribution in [0.5, 0.6) is 11.5 Å². The molecule has 0 radical (unpaired) electrons. The number of rotatable bonds is 7. The second-order valence-corrected chi connectivity index (χ2v) is 5.22. The van der Waals surface area contributed by atoms with Crippen molar-refractivity contribution < 1.29 is 23.6 Å². The molecule has 8 heteroatoms. The minimum Gasteiger partial charge on any atom is -0.496 e. The van der Waals surface area contributed by atoms with Crippen molar-refractivity contribution in [1.82, 2.24) is 5.32 Å². The first-order valence-electron chi connectivity index (χ1n) is 7.40. The van der Waals surface area contributed by atoms with Crippen LogP contribution in [0, 0.1) is 15.9 Å². The number of methoxy groups -OCH3 is 1. The molecule has 0 saturated heterocycles. The fourth-order valence-corrected chi connectivity index (χ4v) is 2.15. The van der Waals surface area contributed by atoms with E-state index in [0.717, 1.165) is 5.56 Å². The van der Waals surface area contributed by atoms with Crippen molar-refractivity contribution in [2.24, 2.45) is 0 Å². The van der Waals surface area contributed by atoms with Crippen molar-refractivity contribution in [2.45, 2.75) is 13.0 Å². The summed E-state index contributed by atoms with van der Waals surface area (Å²) in [5.74, 6) is -0.539. The second kappa shape index (κ2) is 8.09. The Bertz CT molecular complexity index is 764. The van der Waals surface area contributed by atoms with Gasteiger partial charge in [-0.2, -0.15) is 0 Å². The largest absolute Gasteiger partial charge is 0.496 e. The molecule has 0 heterocycles. The lowest BCUT2D eigenvalue weighted by Gasteiger charge is -2.15. The molecule has 1 atom stereocenters. The minimum atomic E-state index is -0.614. The van der Waals surface area contributed by atoms with Crippen molar-refractivity contribution in [2.75, 3.05) is 13.7 Å². The fraction of sp³-hybridized carbons (Fsp3) is 0.235. The van der Waals surface area contributed by atoms with Crippen molar-refractivity contribution in [1.29, 1.82) is 0 Å². The molecule has 0 unspecified atom stereocenters. The Morgan fingerprint density at radius 2 is 1.96 bits per heavy atom. The molecule has 0 aliphatic rings. The summed E-state index contributed by atoms with van der Waals surface area (Å²) >= 11 is 0. The molecule has 0 aromatic heterocycles. The molecule has 1 amide bonds. The third-order valence-electron chi connectivity index (χ3n) is 3.47. The smallest absolute Gasteiger partial charge is 0.314 e. The van der Waals surface area contributed by atoms with Crippen LogP contribution >= 0.6 is 0 Å². The summed E-state index contributed by atoms with van der Waals surface area (Å²) in [5, 5.41) is 13.7. The molecule has 0 saturated carbocycles. The van der Waals surface area contributed by atoms with Crippen molar-refractivity contribution in [3.63, 3.8) is 0 Å². The standard InChI is InChI=1S/C17H17FN2O5/c1-11(12-3-5-13(18)6-4-12)19-17(21)10-25-16-8-7-14(24-2)9-15(16)20(22)23/h3-9,11H,10H2,1-2H3,(H,19,21)/t11-/m0/s1. The number of carbonyl (C=O) groups is 1. The molecule has 7 nitrogen and oxygen atoms in total. The molecule has 1 N–H and O–H groups in total. The predicted molar refractivity (Wildman–Crippen MR) is 88.1 cm³/mol. The molecule has 2 aromatic rings. The van der Waals surface area contributed by atoms with Crippen LogP contribution in [0.1, 0.15) is 18.5 Å².